The molecule has 2 aliphatic heterocycles. The van der Waals surface area contributed by atoms with Crippen LogP contribution in [-0.4, -0.2) is 66.5 Å². The molecule has 7 nitrogen and oxygen atoms in total. The van der Waals surface area contributed by atoms with E-state index in [1.807, 2.05) is 79.7 Å². The monoisotopic (exact) mass is 470 g/mol. The lowest BCUT2D eigenvalue weighted by molar-refractivity contribution is -0.209. The van der Waals surface area contributed by atoms with Gasteiger partial charge in [-0.15, -0.1) is 0 Å². The lowest BCUT2D eigenvalue weighted by atomic mass is 9.97. The molecule has 8 heteroatoms. The summed E-state index contributed by atoms with van der Waals surface area (Å²) in [4.78, 5) is 18.4. The molecule has 2 aromatic rings. The van der Waals surface area contributed by atoms with Gasteiger partial charge in [-0.2, -0.15) is 0 Å². The van der Waals surface area contributed by atoms with Crippen molar-refractivity contribution in [1.29, 1.82) is 0 Å². The van der Waals surface area contributed by atoms with Crippen LogP contribution in [0.4, 0.5) is 0 Å². The Kier molecular flexibility index (Phi) is 8.03. The van der Waals surface area contributed by atoms with Gasteiger partial charge in [0, 0.05) is 21.0 Å². The number of carbonyl (C=O) groups is 1. The number of thioether (sulfide) groups is 1. The Balaban J connectivity index is 1.59. The first-order valence-electron chi connectivity index (χ1n) is 11.0. The van der Waals surface area contributed by atoms with Crippen LogP contribution in [0.1, 0.15) is 18.1 Å². The van der Waals surface area contributed by atoms with Gasteiger partial charge in [-0.3, -0.25) is 9.79 Å². The Labute approximate surface area is 199 Å². The molecule has 2 aliphatic rings. The molecule has 5 atom stereocenters. The van der Waals surface area contributed by atoms with Gasteiger partial charge in [0.15, 0.2) is 5.17 Å². The Hall–Kier alpha value is -2.39. The van der Waals surface area contributed by atoms with E-state index in [-0.39, 0.29) is 30.2 Å². The van der Waals surface area contributed by atoms with Gasteiger partial charge in [0.05, 0.1) is 13.2 Å². The van der Waals surface area contributed by atoms with E-state index in [1.54, 1.807) is 11.8 Å². The van der Waals surface area contributed by atoms with Crippen molar-refractivity contribution in [3.8, 4) is 0 Å². The molecule has 1 fully saturated rings. The predicted molar refractivity (Wildman–Crippen MR) is 128 cm³/mol. The molecule has 33 heavy (non-hydrogen) atoms. The van der Waals surface area contributed by atoms with Crippen LogP contribution in [-0.2, 0) is 37.0 Å². The number of hydrogen-bond acceptors (Lipinski definition) is 8. The van der Waals surface area contributed by atoms with E-state index < -0.39 is 12.2 Å². The van der Waals surface area contributed by atoms with Crippen molar-refractivity contribution in [3.05, 3.63) is 71.8 Å². The van der Waals surface area contributed by atoms with Crippen molar-refractivity contribution < 1.29 is 23.7 Å². The Morgan fingerprint density at radius 3 is 2.09 bits per heavy atom. The first-order valence-corrected chi connectivity index (χ1v) is 11.9. The van der Waals surface area contributed by atoms with Gasteiger partial charge in [-0.25, -0.2) is 0 Å². The molecule has 0 bridgehead atoms. The maximum Gasteiger partial charge on any atom is 0.302 e. The lowest BCUT2D eigenvalue weighted by Crippen LogP contribution is -2.58. The molecule has 0 N–H and O–H groups in total. The zero-order chi connectivity index (χ0) is 23.2. The van der Waals surface area contributed by atoms with Crippen LogP contribution < -0.4 is 0 Å². The molecule has 0 saturated carbocycles. The topological polar surface area (TPSA) is 69.6 Å². The van der Waals surface area contributed by atoms with Crippen LogP contribution >= 0.6 is 11.8 Å². The third kappa shape index (κ3) is 6.14. The maximum atomic E-state index is 11.5. The summed E-state index contributed by atoms with van der Waals surface area (Å²) < 4.78 is 24.6. The average molecular weight is 471 g/mol. The number of amidine groups is 1. The number of ether oxygens (including phenoxy) is 4. The predicted octanol–water partition coefficient (Wildman–Crippen LogP) is 3.48. The minimum absolute atomic E-state index is 0.0983. The van der Waals surface area contributed by atoms with E-state index in [9.17, 15) is 4.79 Å². The van der Waals surface area contributed by atoms with Gasteiger partial charge in [0.1, 0.15) is 36.4 Å². The molecule has 2 heterocycles. The van der Waals surface area contributed by atoms with Gasteiger partial charge in [0.2, 0.25) is 0 Å². The van der Waals surface area contributed by atoms with Crippen molar-refractivity contribution in [1.82, 2.24) is 4.90 Å². The third-order valence-electron chi connectivity index (χ3n) is 5.50. The van der Waals surface area contributed by atoms with Crippen LogP contribution in [0.5, 0.6) is 0 Å². The Morgan fingerprint density at radius 1 is 0.970 bits per heavy atom. The normalized spacial score (nSPS) is 26.4. The number of carbonyl (C=O) groups excluding carboxylic acids is 1. The highest BCUT2D eigenvalue weighted by molar-refractivity contribution is 8.14. The van der Waals surface area contributed by atoms with Crippen molar-refractivity contribution in [3.63, 3.8) is 0 Å². The number of fused-ring (bicyclic) bond motifs is 1. The molecular formula is C25H30N2O5S. The number of nitrogens with zero attached hydrogens (tertiary/aromatic N) is 2. The smallest absolute Gasteiger partial charge is 0.302 e. The molecular weight excluding hydrogens is 440 g/mol. The second-order valence-electron chi connectivity index (χ2n) is 8.28. The number of esters is 1. The van der Waals surface area contributed by atoms with E-state index in [4.69, 9.17) is 23.9 Å². The largest absolute Gasteiger partial charge is 0.463 e. The van der Waals surface area contributed by atoms with Crippen molar-refractivity contribution >= 4 is 22.9 Å². The van der Waals surface area contributed by atoms with Crippen LogP contribution in [0.25, 0.3) is 0 Å². The summed E-state index contributed by atoms with van der Waals surface area (Å²) in [5, 5.41) is 0.883. The zero-order valence-electron chi connectivity index (χ0n) is 19.1. The molecule has 2 aromatic carbocycles. The number of hydrogen-bond donors (Lipinski definition) is 0. The van der Waals surface area contributed by atoms with E-state index in [1.165, 1.54) is 6.92 Å². The van der Waals surface area contributed by atoms with Crippen molar-refractivity contribution in [2.75, 3.05) is 20.7 Å². The van der Waals surface area contributed by atoms with Gasteiger partial charge >= 0.3 is 5.97 Å². The molecule has 0 amide bonds. The highest BCUT2D eigenvalue weighted by atomic mass is 32.2. The first kappa shape index (κ1) is 23.8. The minimum Gasteiger partial charge on any atom is -0.463 e. The number of aliphatic imine (C=N–C) groups is 1. The van der Waals surface area contributed by atoms with Crippen molar-refractivity contribution in [2.45, 2.75) is 49.9 Å². The molecule has 4 rings (SSSR count). The average Bonchev–Trinajstić information content (AvgIpc) is 3.25. The van der Waals surface area contributed by atoms with Crippen LogP contribution in [0.15, 0.2) is 65.7 Å². The number of benzene rings is 2. The molecule has 0 aromatic heterocycles. The molecule has 0 radical (unpaired) electrons. The van der Waals surface area contributed by atoms with Crippen LogP contribution in [0.2, 0.25) is 0 Å². The van der Waals surface area contributed by atoms with Crippen molar-refractivity contribution in [2.24, 2.45) is 4.99 Å². The summed E-state index contributed by atoms with van der Waals surface area (Å²) in [5.41, 5.74) is 1.88. The molecule has 0 spiro atoms. The van der Waals surface area contributed by atoms with E-state index >= 15 is 0 Å². The van der Waals surface area contributed by atoms with Crippen LogP contribution in [0, 0.1) is 0 Å². The first-order chi connectivity index (χ1) is 16.0. The van der Waals surface area contributed by atoms with Crippen LogP contribution in [0.3, 0.4) is 0 Å². The van der Waals surface area contributed by atoms with E-state index in [2.05, 4.69) is 0 Å². The molecule has 0 unspecified atom stereocenters. The summed E-state index contributed by atoms with van der Waals surface area (Å²) in [6, 6.07) is 19.8. The second-order valence-corrected chi connectivity index (χ2v) is 9.35. The Morgan fingerprint density at radius 2 is 1.55 bits per heavy atom. The second kappa shape index (κ2) is 11.2. The fourth-order valence-corrected chi connectivity index (χ4v) is 5.02. The van der Waals surface area contributed by atoms with E-state index in [0.29, 0.717) is 13.2 Å². The third-order valence-corrected chi connectivity index (χ3v) is 6.80. The summed E-state index contributed by atoms with van der Waals surface area (Å²) in [6.45, 7) is 2.32. The maximum absolute atomic E-state index is 11.5. The quantitative estimate of drug-likeness (QED) is 0.547. The Bertz CT molecular complexity index is 940. The summed E-state index contributed by atoms with van der Waals surface area (Å²) in [6.07, 6.45) is -1.29. The van der Waals surface area contributed by atoms with Gasteiger partial charge < -0.3 is 23.8 Å². The summed E-state index contributed by atoms with van der Waals surface area (Å²) >= 11 is 1.56. The van der Waals surface area contributed by atoms with Gasteiger partial charge in [0.25, 0.3) is 0 Å². The highest BCUT2D eigenvalue weighted by Crippen LogP contribution is 2.39. The lowest BCUT2D eigenvalue weighted by Gasteiger charge is -2.42. The fraction of sp³-hybridized carbons (Fsp3) is 0.440. The number of rotatable bonds is 8. The fourth-order valence-electron chi connectivity index (χ4n) is 3.87. The zero-order valence-corrected chi connectivity index (χ0v) is 19.9. The molecule has 0 aliphatic carbocycles. The standard InChI is InChI=1S/C25H30N2O5S/c1-17(28)29-16-20-22(30-14-18-10-6-4-7-11-18)23(31-15-19-12-8-5-9-13-19)21-24(32-20)33-25(26-21)27(2)3/h4-13,20-24H,14-16H2,1-3H3/t20-,21-,22-,23-,24-/m1/s1. The molecule has 1 saturated heterocycles. The van der Waals surface area contributed by atoms with Gasteiger partial charge in [-0.1, -0.05) is 72.4 Å². The SMILES string of the molecule is CC(=O)OC[C@H]1O[C@@H]2SC(N(C)C)=N[C@@H]2[C@@H](OCc2ccccc2)[C@@H]1OCc1ccccc1. The minimum atomic E-state index is -0.469. The molecule has 176 valence electrons. The van der Waals surface area contributed by atoms with E-state index in [0.717, 1.165) is 16.3 Å². The highest BCUT2D eigenvalue weighted by Gasteiger charge is 2.51. The van der Waals surface area contributed by atoms with Gasteiger partial charge in [-0.05, 0) is 11.1 Å². The summed E-state index contributed by atoms with van der Waals surface area (Å²) in [5.74, 6) is -0.353. The summed E-state index contributed by atoms with van der Waals surface area (Å²) in [7, 11) is 3.92.